The Balaban J connectivity index is 1.98. The lowest BCUT2D eigenvalue weighted by Gasteiger charge is -2.23. The highest BCUT2D eigenvalue weighted by Crippen LogP contribution is 2.39. The van der Waals surface area contributed by atoms with E-state index in [1.54, 1.807) is 4.57 Å². The predicted molar refractivity (Wildman–Crippen MR) is 88.2 cm³/mol. The first-order valence-electron chi connectivity index (χ1n) is 8.43. The molecule has 2 aliphatic carbocycles. The van der Waals surface area contributed by atoms with E-state index < -0.39 is 5.91 Å². The van der Waals surface area contributed by atoms with Gasteiger partial charge >= 0.3 is 0 Å². The quantitative estimate of drug-likeness (QED) is 0.851. The first-order valence-corrected chi connectivity index (χ1v) is 8.43. The van der Waals surface area contributed by atoms with Gasteiger partial charge in [-0.15, -0.1) is 0 Å². The van der Waals surface area contributed by atoms with Gasteiger partial charge in [-0.2, -0.15) is 0 Å². The zero-order valence-electron chi connectivity index (χ0n) is 13.9. The largest absolute Gasteiger partial charge is 0.507 e. The van der Waals surface area contributed by atoms with Crippen LogP contribution in [-0.2, 0) is 12.8 Å². The molecule has 1 fully saturated rings. The molecular weight excluding hydrogens is 294 g/mol. The highest BCUT2D eigenvalue weighted by atomic mass is 16.3. The molecule has 6 nitrogen and oxygen atoms in total. The van der Waals surface area contributed by atoms with Crippen LogP contribution in [0.4, 0.5) is 0 Å². The highest BCUT2D eigenvalue weighted by Gasteiger charge is 2.33. The molecule has 2 aliphatic rings. The summed E-state index contributed by atoms with van der Waals surface area (Å²) in [5.74, 6) is -0.555. The summed E-state index contributed by atoms with van der Waals surface area (Å²) < 4.78 is 1.79. The molecular formula is C17H25N3O3. The zero-order valence-corrected chi connectivity index (χ0v) is 13.9. The molecule has 1 heterocycles. The van der Waals surface area contributed by atoms with E-state index in [1.807, 2.05) is 19.0 Å². The van der Waals surface area contributed by atoms with Crippen LogP contribution in [0.2, 0.25) is 0 Å². The van der Waals surface area contributed by atoms with Crippen molar-refractivity contribution in [3.63, 3.8) is 0 Å². The molecule has 23 heavy (non-hydrogen) atoms. The van der Waals surface area contributed by atoms with Gasteiger partial charge in [-0.1, -0.05) is 0 Å². The minimum absolute atomic E-state index is 0.0729. The standard InChI is InChI=1S/C17H25N3O3/c1-19(2)10-9-18-16(22)14-15(21)12-5-3-4-6-13(12)20(17(14)23)11-7-8-11/h11,21H,3-10H2,1-2H3,(H,18,22). The summed E-state index contributed by atoms with van der Waals surface area (Å²) in [5, 5.41) is 13.3. The maximum atomic E-state index is 12.8. The van der Waals surface area contributed by atoms with Crippen LogP contribution >= 0.6 is 0 Å². The first kappa shape index (κ1) is 16.1. The third-order valence-electron chi connectivity index (χ3n) is 4.67. The van der Waals surface area contributed by atoms with Crippen LogP contribution < -0.4 is 10.9 Å². The van der Waals surface area contributed by atoms with Crippen LogP contribution in [0.3, 0.4) is 0 Å². The Morgan fingerprint density at radius 3 is 2.65 bits per heavy atom. The van der Waals surface area contributed by atoms with Gasteiger partial charge in [-0.25, -0.2) is 0 Å². The summed E-state index contributed by atoms with van der Waals surface area (Å²) in [4.78, 5) is 27.2. The number of aromatic hydroxyl groups is 1. The van der Waals surface area contributed by atoms with Crippen LogP contribution in [0, 0.1) is 0 Å². The number of pyridine rings is 1. The number of rotatable bonds is 5. The molecule has 0 spiro atoms. The molecule has 6 heteroatoms. The van der Waals surface area contributed by atoms with E-state index in [0.717, 1.165) is 49.8 Å². The van der Waals surface area contributed by atoms with Gasteiger partial charge in [-0.3, -0.25) is 9.59 Å². The van der Waals surface area contributed by atoms with E-state index in [9.17, 15) is 14.7 Å². The molecule has 3 rings (SSSR count). The second-order valence-electron chi connectivity index (χ2n) is 6.82. The van der Waals surface area contributed by atoms with E-state index in [0.29, 0.717) is 13.1 Å². The lowest BCUT2D eigenvalue weighted by molar-refractivity contribution is 0.0945. The van der Waals surface area contributed by atoms with Gasteiger partial charge in [0.1, 0.15) is 11.3 Å². The van der Waals surface area contributed by atoms with Gasteiger partial charge < -0.3 is 19.9 Å². The second kappa shape index (κ2) is 6.35. The smallest absolute Gasteiger partial charge is 0.267 e. The predicted octanol–water partition coefficient (Wildman–Crippen LogP) is 1.06. The Labute approximate surface area is 136 Å². The fourth-order valence-electron chi connectivity index (χ4n) is 3.31. The Bertz CT molecular complexity index is 675. The van der Waals surface area contributed by atoms with Crippen LogP contribution in [0.15, 0.2) is 4.79 Å². The van der Waals surface area contributed by atoms with Crippen molar-refractivity contribution < 1.29 is 9.90 Å². The average Bonchev–Trinajstić information content (AvgIpc) is 3.32. The van der Waals surface area contributed by atoms with Gasteiger partial charge in [-0.05, 0) is 52.6 Å². The average molecular weight is 319 g/mol. The van der Waals surface area contributed by atoms with Crippen LogP contribution in [0.1, 0.15) is 53.3 Å². The number of amides is 1. The SMILES string of the molecule is CN(C)CCNC(=O)c1c(O)c2c(n(C3CC3)c1=O)CCCC2. The molecule has 0 bridgehead atoms. The molecule has 0 atom stereocenters. The molecule has 0 saturated heterocycles. The van der Waals surface area contributed by atoms with Crippen LogP contribution in [0.25, 0.3) is 0 Å². The van der Waals surface area contributed by atoms with E-state index in [2.05, 4.69) is 5.32 Å². The van der Waals surface area contributed by atoms with E-state index in [4.69, 9.17) is 0 Å². The zero-order chi connectivity index (χ0) is 16.6. The summed E-state index contributed by atoms with van der Waals surface area (Å²) in [7, 11) is 3.84. The Hall–Kier alpha value is -1.82. The molecule has 2 N–H and O–H groups in total. The maximum absolute atomic E-state index is 12.8. The van der Waals surface area contributed by atoms with Crippen molar-refractivity contribution in [2.24, 2.45) is 0 Å². The van der Waals surface area contributed by atoms with Crippen molar-refractivity contribution in [1.82, 2.24) is 14.8 Å². The van der Waals surface area contributed by atoms with E-state index in [-0.39, 0.29) is 22.9 Å². The van der Waals surface area contributed by atoms with Gasteiger partial charge in [0, 0.05) is 30.4 Å². The van der Waals surface area contributed by atoms with Crippen molar-refractivity contribution >= 4 is 5.91 Å². The molecule has 0 aromatic carbocycles. The first-order chi connectivity index (χ1) is 11.0. The number of likely N-dealkylation sites (N-methyl/N-ethyl adjacent to an activating group) is 1. The summed E-state index contributed by atoms with van der Waals surface area (Å²) in [6.07, 6.45) is 5.55. The van der Waals surface area contributed by atoms with Crippen LogP contribution in [-0.4, -0.2) is 47.7 Å². The van der Waals surface area contributed by atoms with Crippen molar-refractivity contribution in [2.45, 2.75) is 44.6 Å². The maximum Gasteiger partial charge on any atom is 0.267 e. The summed E-state index contributed by atoms with van der Waals surface area (Å²) >= 11 is 0. The monoisotopic (exact) mass is 319 g/mol. The number of aromatic nitrogens is 1. The van der Waals surface area contributed by atoms with Crippen molar-refractivity contribution in [2.75, 3.05) is 27.2 Å². The fraction of sp³-hybridized carbons (Fsp3) is 0.647. The fourth-order valence-corrected chi connectivity index (χ4v) is 3.31. The van der Waals surface area contributed by atoms with Gasteiger partial charge in [0.05, 0.1) is 0 Å². The Morgan fingerprint density at radius 1 is 1.30 bits per heavy atom. The highest BCUT2D eigenvalue weighted by molar-refractivity contribution is 5.97. The Kier molecular flexibility index (Phi) is 4.43. The minimum Gasteiger partial charge on any atom is -0.507 e. The van der Waals surface area contributed by atoms with Crippen molar-refractivity contribution in [1.29, 1.82) is 0 Å². The number of hydrogen-bond acceptors (Lipinski definition) is 4. The number of hydrogen-bond donors (Lipinski definition) is 2. The van der Waals surface area contributed by atoms with E-state index in [1.165, 1.54) is 0 Å². The summed E-state index contributed by atoms with van der Waals surface area (Å²) in [5.41, 5.74) is 1.36. The molecule has 1 saturated carbocycles. The van der Waals surface area contributed by atoms with Crippen LogP contribution in [0.5, 0.6) is 5.75 Å². The molecule has 1 amide bonds. The number of fused-ring (bicyclic) bond motifs is 1. The lowest BCUT2D eigenvalue weighted by atomic mass is 9.93. The molecule has 0 aliphatic heterocycles. The molecule has 0 unspecified atom stereocenters. The summed E-state index contributed by atoms with van der Waals surface area (Å²) in [6.45, 7) is 1.14. The molecule has 0 radical (unpaired) electrons. The lowest BCUT2D eigenvalue weighted by Crippen LogP contribution is -2.38. The number of carbonyl (C=O) groups excluding carboxylic acids is 1. The third-order valence-corrected chi connectivity index (χ3v) is 4.67. The number of nitrogens with one attached hydrogen (secondary N) is 1. The summed E-state index contributed by atoms with van der Waals surface area (Å²) in [6, 6.07) is 0.211. The Morgan fingerprint density at radius 2 is 2.00 bits per heavy atom. The number of carbonyl (C=O) groups is 1. The number of nitrogens with zero attached hydrogens (tertiary/aromatic N) is 2. The molecule has 1 aromatic rings. The van der Waals surface area contributed by atoms with Gasteiger partial charge in [0.25, 0.3) is 11.5 Å². The van der Waals surface area contributed by atoms with Gasteiger partial charge in [0.2, 0.25) is 0 Å². The normalized spacial score (nSPS) is 17.2. The van der Waals surface area contributed by atoms with Crippen molar-refractivity contribution in [3.05, 3.63) is 27.2 Å². The second-order valence-corrected chi connectivity index (χ2v) is 6.82. The topological polar surface area (TPSA) is 74.6 Å². The van der Waals surface area contributed by atoms with Crippen molar-refractivity contribution in [3.8, 4) is 5.75 Å². The van der Waals surface area contributed by atoms with Gasteiger partial charge in [0.15, 0.2) is 0 Å². The third kappa shape index (κ3) is 3.13. The van der Waals surface area contributed by atoms with E-state index >= 15 is 0 Å². The molecule has 126 valence electrons. The minimum atomic E-state index is -0.461. The molecule has 1 aromatic heterocycles.